The molecule has 2 heteroatoms. The van der Waals surface area contributed by atoms with Gasteiger partial charge in [-0.3, -0.25) is 0 Å². The van der Waals surface area contributed by atoms with E-state index in [2.05, 4.69) is 6.58 Å². The summed E-state index contributed by atoms with van der Waals surface area (Å²) in [7, 11) is 1.64. The van der Waals surface area contributed by atoms with Gasteiger partial charge in [-0.25, -0.2) is 0 Å². The summed E-state index contributed by atoms with van der Waals surface area (Å²) >= 11 is 5.64. The van der Waals surface area contributed by atoms with Gasteiger partial charge in [0.05, 0.1) is 7.11 Å². The van der Waals surface area contributed by atoms with Gasteiger partial charge < -0.3 is 4.74 Å². The Balaban J connectivity index is 2.93. The molecule has 0 fully saturated rings. The molecule has 64 valence electrons. The summed E-state index contributed by atoms with van der Waals surface area (Å²) in [6.45, 7) is 3.83. The number of ether oxygens (including phenoxy) is 1. The van der Waals surface area contributed by atoms with Crippen LogP contribution in [0.4, 0.5) is 0 Å². The molecule has 0 amide bonds. The first kappa shape index (κ1) is 9.14. The van der Waals surface area contributed by atoms with Gasteiger partial charge in [-0.05, 0) is 23.3 Å². The maximum absolute atomic E-state index is 5.64. The number of methoxy groups -OCH3 is 1. The number of hydrogen-bond acceptors (Lipinski definition) is 1. The Morgan fingerprint density at radius 3 is 2.92 bits per heavy atom. The second-order valence-electron chi connectivity index (χ2n) is 2.47. The fourth-order valence-corrected chi connectivity index (χ4v) is 1.07. The number of benzene rings is 1. The molecule has 0 saturated heterocycles. The third-order valence-electron chi connectivity index (χ3n) is 1.64. The molecule has 0 aromatic heterocycles. The van der Waals surface area contributed by atoms with E-state index in [4.69, 9.17) is 16.3 Å². The highest BCUT2D eigenvalue weighted by molar-refractivity contribution is 6.23. The largest absolute Gasteiger partial charge is 0.497 e. The van der Waals surface area contributed by atoms with Crippen LogP contribution in [0.25, 0.3) is 5.57 Å². The Kier molecular flexibility index (Phi) is 3.18. The van der Waals surface area contributed by atoms with Crippen LogP contribution in [0, 0.1) is 0 Å². The van der Waals surface area contributed by atoms with Gasteiger partial charge >= 0.3 is 0 Å². The summed E-state index contributed by atoms with van der Waals surface area (Å²) < 4.78 is 5.07. The quantitative estimate of drug-likeness (QED) is 0.654. The van der Waals surface area contributed by atoms with Gasteiger partial charge in [-0.2, -0.15) is 0 Å². The minimum atomic E-state index is 0.452. The maximum atomic E-state index is 5.64. The lowest BCUT2D eigenvalue weighted by atomic mass is 10.1. The molecule has 0 N–H and O–H groups in total. The first-order chi connectivity index (χ1) is 5.77. The first-order valence-corrected chi connectivity index (χ1v) is 4.19. The Bertz CT molecular complexity index is 281. The third-order valence-corrected chi connectivity index (χ3v) is 1.96. The fourth-order valence-electron chi connectivity index (χ4n) is 0.920. The molecule has 0 aliphatic rings. The monoisotopic (exact) mass is 182 g/mol. The molecule has 0 bridgehead atoms. The van der Waals surface area contributed by atoms with E-state index in [0.29, 0.717) is 5.88 Å². The van der Waals surface area contributed by atoms with Gasteiger partial charge in [0.15, 0.2) is 0 Å². The first-order valence-electron chi connectivity index (χ1n) is 3.66. The normalized spacial score (nSPS) is 9.50. The van der Waals surface area contributed by atoms with Gasteiger partial charge in [0.25, 0.3) is 0 Å². The van der Waals surface area contributed by atoms with Crippen LogP contribution in [0.3, 0.4) is 0 Å². The Morgan fingerprint density at radius 2 is 2.33 bits per heavy atom. The molecule has 0 atom stereocenters. The predicted molar refractivity (Wildman–Crippen MR) is 52.7 cm³/mol. The standard InChI is InChI=1S/C10H11ClO/c1-8(7-11)9-4-3-5-10(6-9)12-2/h3-6H,1,7H2,2H3. The van der Waals surface area contributed by atoms with Gasteiger partial charge in [0.1, 0.15) is 5.75 Å². The van der Waals surface area contributed by atoms with Crippen LogP contribution in [0.5, 0.6) is 5.75 Å². The van der Waals surface area contributed by atoms with E-state index in [1.54, 1.807) is 7.11 Å². The lowest BCUT2D eigenvalue weighted by Gasteiger charge is -2.04. The van der Waals surface area contributed by atoms with E-state index in [-0.39, 0.29) is 0 Å². The third kappa shape index (κ3) is 2.02. The highest BCUT2D eigenvalue weighted by atomic mass is 35.5. The number of allylic oxidation sites excluding steroid dienone is 1. The van der Waals surface area contributed by atoms with Crippen molar-refractivity contribution in [3.8, 4) is 5.75 Å². The van der Waals surface area contributed by atoms with Crippen LogP contribution < -0.4 is 4.74 Å². The van der Waals surface area contributed by atoms with Crippen LogP contribution in [-0.4, -0.2) is 13.0 Å². The van der Waals surface area contributed by atoms with Crippen molar-refractivity contribution in [2.45, 2.75) is 0 Å². The molecule has 12 heavy (non-hydrogen) atoms. The summed E-state index contributed by atoms with van der Waals surface area (Å²) in [4.78, 5) is 0. The van der Waals surface area contributed by atoms with Crippen LogP contribution in [0.15, 0.2) is 30.8 Å². The second-order valence-corrected chi connectivity index (χ2v) is 2.74. The molecule has 0 aliphatic carbocycles. The molecule has 1 aromatic rings. The average Bonchev–Trinajstić information content (AvgIpc) is 2.17. The van der Waals surface area contributed by atoms with E-state index in [1.165, 1.54) is 0 Å². The zero-order chi connectivity index (χ0) is 8.97. The van der Waals surface area contributed by atoms with Crippen molar-refractivity contribution in [2.24, 2.45) is 0 Å². The van der Waals surface area contributed by atoms with Crippen molar-refractivity contribution in [2.75, 3.05) is 13.0 Å². The van der Waals surface area contributed by atoms with E-state index in [0.717, 1.165) is 16.9 Å². The number of rotatable bonds is 3. The Morgan fingerprint density at radius 1 is 1.58 bits per heavy atom. The average molecular weight is 183 g/mol. The topological polar surface area (TPSA) is 9.23 Å². The molecule has 0 aliphatic heterocycles. The van der Waals surface area contributed by atoms with Gasteiger partial charge in [-0.15, -0.1) is 11.6 Å². The summed E-state index contributed by atoms with van der Waals surface area (Å²) in [5, 5.41) is 0. The van der Waals surface area contributed by atoms with Crippen molar-refractivity contribution in [3.63, 3.8) is 0 Å². The summed E-state index contributed by atoms with van der Waals surface area (Å²) in [5.41, 5.74) is 1.94. The minimum absolute atomic E-state index is 0.452. The molecule has 1 nitrogen and oxygen atoms in total. The van der Waals surface area contributed by atoms with Gasteiger partial charge in [-0.1, -0.05) is 18.7 Å². The molecular formula is C10H11ClO. The molecule has 0 heterocycles. The van der Waals surface area contributed by atoms with Crippen LogP contribution in [0.2, 0.25) is 0 Å². The van der Waals surface area contributed by atoms with Gasteiger partial charge in [0.2, 0.25) is 0 Å². The van der Waals surface area contributed by atoms with Crippen molar-refractivity contribution < 1.29 is 4.74 Å². The molecule has 1 aromatic carbocycles. The summed E-state index contributed by atoms with van der Waals surface area (Å²) in [6, 6.07) is 7.70. The van der Waals surface area contributed by atoms with Crippen molar-refractivity contribution in [1.29, 1.82) is 0 Å². The van der Waals surface area contributed by atoms with E-state index in [1.807, 2.05) is 24.3 Å². The van der Waals surface area contributed by atoms with Crippen LogP contribution in [-0.2, 0) is 0 Å². The lowest BCUT2D eigenvalue weighted by Crippen LogP contribution is -1.86. The van der Waals surface area contributed by atoms with E-state index < -0.39 is 0 Å². The molecule has 0 spiro atoms. The molecule has 1 rings (SSSR count). The van der Waals surface area contributed by atoms with Crippen LogP contribution in [0.1, 0.15) is 5.56 Å². The molecule has 0 radical (unpaired) electrons. The lowest BCUT2D eigenvalue weighted by molar-refractivity contribution is 0.414. The van der Waals surface area contributed by atoms with E-state index >= 15 is 0 Å². The summed E-state index contributed by atoms with van der Waals surface area (Å²) in [6.07, 6.45) is 0. The molecule has 0 saturated carbocycles. The van der Waals surface area contributed by atoms with Crippen molar-refractivity contribution in [3.05, 3.63) is 36.4 Å². The number of alkyl halides is 1. The smallest absolute Gasteiger partial charge is 0.119 e. The highest BCUT2D eigenvalue weighted by Crippen LogP contribution is 2.19. The minimum Gasteiger partial charge on any atom is -0.497 e. The van der Waals surface area contributed by atoms with Gasteiger partial charge in [0, 0.05) is 5.88 Å². The predicted octanol–water partition coefficient (Wildman–Crippen LogP) is 2.95. The molecule has 0 unspecified atom stereocenters. The van der Waals surface area contributed by atoms with Crippen molar-refractivity contribution >= 4 is 17.2 Å². The van der Waals surface area contributed by atoms with Crippen LogP contribution >= 0.6 is 11.6 Å². The zero-order valence-corrected chi connectivity index (χ0v) is 7.77. The highest BCUT2D eigenvalue weighted by Gasteiger charge is 1.98. The Labute approximate surface area is 77.6 Å². The number of halogens is 1. The Hall–Kier alpha value is -0.950. The SMILES string of the molecule is C=C(CCl)c1cccc(OC)c1. The number of hydrogen-bond donors (Lipinski definition) is 0. The van der Waals surface area contributed by atoms with Crippen molar-refractivity contribution in [1.82, 2.24) is 0 Å². The maximum Gasteiger partial charge on any atom is 0.119 e. The zero-order valence-electron chi connectivity index (χ0n) is 7.01. The molecular weight excluding hydrogens is 172 g/mol. The van der Waals surface area contributed by atoms with E-state index in [9.17, 15) is 0 Å². The second kappa shape index (κ2) is 4.17. The summed E-state index contributed by atoms with van der Waals surface area (Å²) in [5.74, 6) is 1.28. The fraction of sp³-hybridized carbons (Fsp3) is 0.200.